The summed E-state index contributed by atoms with van der Waals surface area (Å²) in [6, 6.07) is 1.71. The zero-order chi connectivity index (χ0) is 13.1. The number of pyridine rings is 1. The molecule has 1 heterocycles. The lowest BCUT2D eigenvalue weighted by Crippen LogP contribution is -2.46. The lowest BCUT2D eigenvalue weighted by Gasteiger charge is -2.37. The van der Waals surface area contributed by atoms with Crippen LogP contribution in [-0.2, 0) is 0 Å². The van der Waals surface area contributed by atoms with Crippen molar-refractivity contribution in [1.82, 2.24) is 10.3 Å². The van der Waals surface area contributed by atoms with Crippen molar-refractivity contribution in [2.75, 3.05) is 0 Å². The molecule has 5 heteroatoms. The van der Waals surface area contributed by atoms with E-state index in [1.165, 1.54) is 6.20 Å². The van der Waals surface area contributed by atoms with Gasteiger partial charge < -0.3 is 10.4 Å². The van der Waals surface area contributed by atoms with Gasteiger partial charge in [0.05, 0.1) is 16.7 Å². The zero-order valence-corrected chi connectivity index (χ0v) is 11.0. The van der Waals surface area contributed by atoms with Crippen molar-refractivity contribution >= 4 is 17.5 Å². The number of halogens is 1. The first kappa shape index (κ1) is 13.3. The van der Waals surface area contributed by atoms with Crippen LogP contribution in [0.1, 0.15) is 36.5 Å². The van der Waals surface area contributed by atoms with Crippen LogP contribution in [0, 0.1) is 5.92 Å². The number of carbonyl (C=O) groups excluding carboxylic acids is 1. The molecule has 1 aliphatic carbocycles. The number of hydrogen-bond acceptors (Lipinski definition) is 3. The minimum absolute atomic E-state index is 0.102. The van der Waals surface area contributed by atoms with Crippen molar-refractivity contribution in [3.05, 3.63) is 29.0 Å². The topological polar surface area (TPSA) is 62.2 Å². The van der Waals surface area contributed by atoms with Crippen molar-refractivity contribution in [1.29, 1.82) is 0 Å². The lowest BCUT2D eigenvalue weighted by molar-refractivity contribution is 0.0232. The van der Waals surface area contributed by atoms with E-state index in [0.29, 0.717) is 16.5 Å². The third-order valence-corrected chi connectivity index (χ3v) is 3.79. The number of rotatable bonds is 4. The van der Waals surface area contributed by atoms with E-state index in [9.17, 15) is 9.90 Å². The Hall–Kier alpha value is -1.13. The molecule has 0 radical (unpaired) electrons. The van der Waals surface area contributed by atoms with E-state index < -0.39 is 0 Å². The average molecular weight is 269 g/mol. The molecule has 0 aromatic carbocycles. The van der Waals surface area contributed by atoms with Crippen molar-refractivity contribution in [3.8, 4) is 0 Å². The van der Waals surface area contributed by atoms with Gasteiger partial charge in [0.25, 0.3) is 5.91 Å². The van der Waals surface area contributed by atoms with Crippen molar-refractivity contribution < 1.29 is 9.90 Å². The minimum atomic E-state index is -0.203. The molecule has 1 aromatic rings. The van der Waals surface area contributed by atoms with Gasteiger partial charge in [0.15, 0.2) is 0 Å². The molecule has 2 N–H and O–H groups in total. The minimum Gasteiger partial charge on any atom is -0.393 e. The van der Waals surface area contributed by atoms with Crippen molar-refractivity contribution in [2.24, 2.45) is 5.92 Å². The molecule has 1 unspecified atom stereocenters. The van der Waals surface area contributed by atoms with Crippen LogP contribution in [0.3, 0.4) is 0 Å². The summed E-state index contributed by atoms with van der Waals surface area (Å²) >= 11 is 5.93. The number of nitrogens with one attached hydrogen (secondary N) is 1. The molecule has 0 spiro atoms. The largest absolute Gasteiger partial charge is 0.393 e. The van der Waals surface area contributed by atoms with E-state index in [2.05, 4.69) is 10.3 Å². The van der Waals surface area contributed by atoms with Gasteiger partial charge in [0.1, 0.15) is 0 Å². The second kappa shape index (κ2) is 5.67. The van der Waals surface area contributed by atoms with Gasteiger partial charge in [-0.15, -0.1) is 0 Å². The summed E-state index contributed by atoms with van der Waals surface area (Å²) < 4.78 is 0. The number of aliphatic hydroxyl groups excluding tert-OH is 1. The molecular formula is C13H17ClN2O2. The summed E-state index contributed by atoms with van der Waals surface area (Å²) in [5.41, 5.74) is 0.449. The third kappa shape index (κ3) is 2.82. The van der Waals surface area contributed by atoms with Crippen LogP contribution in [0.25, 0.3) is 0 Å². The molecule has 0 aliphatic heterocycles. The van der Waals surface area contributed by atoms with Crippen LogP contribution in [0.15, 0.2) is 18.5 Å². The summed E-state index contributed by atoms with van der Waals surface area (Å²) in [7, 11) is 0. The number of hydrogen-bond donors (Lipinski definition) is 2. The Morgan fingerprint density at radius 3 is 2.94 bits per heavy atom. The summed E-state index contributed by atoms with van der Waals surface area (Å²) in [4.78, 5) is 15.9. The molecule has 1 fully saturated rings. The molecule has 1 aliphatic rings. The highest BCUT2D eigenvalue weighted by Crippen LogP contribution is 2.31. The van der Waals surface area contributed by atoms with Gasteiger partial charge >= 0.3 is 0 Å². The predicted molar refractivity (Wildman–Crippen MR) is 69.5 cm³/mol. The fourth-order valence-corrected chi connectivity index (χ4v) is 2.52. The molecule has 18 heavy (non-hydrogen) atoms. The SMILES string of the molecule is CCC(NC(=O)c1ccncc1Cl)C1CC(O)C1. The van der Waals surface area contributed by atoms with Crippen molar-refractivity contribution in [3.63, 3.8) is 0 Å². The van der Waals surface area contributed by atoms with E-state index in [0.717, 1.165) is 19.3 Å². The fraction of sp³-hybridized carbons (Fsp3) is 0.538. The van der Waals surface area contributed by atoms with Gasteiger partial charge in [-0.1, -0.05) is 18.5 Å². The van der Waals surface area contributed by atoms with E-state index >= 15 is 0 Å². The Kier molecular flexibility index (Phi) is 4.19. The highest BCUT2D eigenvalue weighted by Gasteiger charge is 2.34. The molecular weight excluding hydrogens is 252 g/mol. The molecule has 98 valence electrons. The Bertz CT molecular complexity index is 433. The summed E-state index contributed by atoms with van der Waals surface area (Å²) in [5.74, 6) is 0.199. The fourth-order valence-electron chi connectivity index (χ4n) is 2.32. The Balaban J connectivity index is 2.00. The summed E-state index contributed by atoms with van der Waals surface area (Å²) in [5, 5.41) is 12.7. The van der Waals surface area contributed by atoms with E-state index in [1.54, 1.807) is 12.3 Å². The van der Waals surface area contributed by atoms with Crippen LogP contribution >= 0.6 is 11.6 Å². The molecule has 1 aromatic heterocycles. The first-order chi connectivity index (χ1) is 8.61. The maximum atomic E-state index is 12.1. The Morgan fingerprint density at radius 2 is 2.39 bits per heavy atom. The zero-order valence-electron chi connectivity index (χ0n) is 10.3. The summed E-state index contributed by atoms with van der Waals surface area (Å²) in [6.45, 7) is 2.03. The second-order valence-electron chi connectivity index (χ2n) is 4.73. The monoisotopic (exact) mass is 268 g/mol. The maximum Gasteiger partial charge on any atom is 0.253 e. The highest BCUT2D eigenvalue weighted by molar-refractivity contribution is 6.33. The Labute approximate surface area is 111 Å². The molecule has 0 saturated heterocycles. The number of amides is 1. The second-order valence-corrected chi connectivity index (χ2v) is 5.14. The molecule has 1 atom stereocenters. The predicted octanol–water partition coefficient (Wildman–Crippen LogP) is 2.01. The standard InChI is InChI=1S/C13H17ClN2O2/c1-2-12(8-5-9(17)6-8)16-13(18)10-3-4-15-7-11(10)14/h3-4,7-9,12,17H,2,5-6H2,1H3,(H,16,18). The van der Waals surface area contributed by atoms with Crippen LogP contribution < -0.4 is 5.32 Å². The number of carbonyl (C=O) groups is 1. The quantitative estimate of drug-likeness (QED) is 0.878. The lowest BCUT2D eigenvalue weighted by atomic mass is 9.76. The number of aromatic nitrogens is 1. The maximum absolute atomic E-state index is 12.1. The van der Waals surface area contributed by atoms with Crippen LogP contribution in [0.5, 0.6) is 0 Å². The number of nitrogens with zero attached hydrogens (tertiary/aromatic N) is 1. The molecule has 4 nitrogen and oxygen atoms in total. The van der Waals surface area contributed by atoms with Gasteiger partial charge in [0.2, 0.25) is 0 Å². The van der Waals surface area contributed by atoms with Crippen LogP contribution in [0.2, 0.25) is 5.02 Å². The van der Waals surface area contributed by atoms with E-state index in [4.69, 9.17) is 11.6 Å². The van der Waals surface area contributed by atoms with Crippen LogP contribution in [-0.4, -0.2) is 28.1 Å². The molecule has 0 bridgehead atoms. The molecule has 1 amide bonds. The molecule has 2 rings (SSSR count). The van der Waals surface area contributed by atoms with Gasteiger partial charge in [-0.05, 0) is 31.2 Å². The van der Waals surface area contributed by atoms with Gasteiger partial charge in [-0.25, -0.2) is 0 Å². The van der Waals surface area contributed by atoms with Crippen molar-refractivity contribution in [2.45, 2.75) is 38.3 Å². The first-order valence-electron chi connectivity index (χ1n) is 6.20. The number of aliphatic hydroxyl groups is 1. The van der Waals surface area contributed by atoms with Crippen LogP contribution in [0.4, 0.5) is 0 Å². The van der Waals surface area contributed by atoms with Gasteiger partial charge in [0, 0.05) is 18.4 Å². The van der Waals surface area contributed by atoms with E-state index in [1.807, 2.05) is 6.92 Å². The third-order valence-electron chi connectivity index (χ3n) is 3.49. The molecule has 1 saturated carbocycles. The Morgan fingerprint density at radius 1 is 1.67 bits per heavy atom. The van der Waals surface area contributed by atoms with Gasteiger partial charge in [-0.3, -0.25) is 9.78 Å². The first-order valence-corrected chi connectivity index (χ1v) is 6.58. The normalized spacial score (nSPS) is 24.2. The van der Waals surface area contributed by atoms with E-state index in [-0.39, 0.29) is 18.1 Å². The average Bonchev–Trinajstić information content (AvgIpc) is 2.33. The smallest absolute Gasteiger partial charge is 0.253 e. The van der Waals surface area contributed by atoms with Gasteiger partial charge in [-0.2, -0.15) is 0 Å². The summed E-state index contributed by atoms with van der Waals surface area (Å²) in [6.07, 6.45) is 5.20. The highest BCUT2D eigenvalue weighted by atomic mass is 35.5.